The maximum atomic E-state index is 12.5. The van der Waals surface area contributed by atoms with Gasteiger partial charge in [-0.25, -0.2) is 0 Å². The third kappa shape index (κ3) is 7.81. The number of benzene rings is 1. The highest BCUT2D eigenvalue weighted by molar-refractivity contribution is 14.0. The summed E-state index contributed by atoms with van der Waals surface area (Å²) in [5.41, 5.74) is -0.139. The van der Waals surface area contributed by atoms with Crippen LogP contribution < -0.4 is 10.6 Å². The largest absolute Gasteiger partial charge is 0.416 e. The van der Waals surface area contributed by atoms with Gasteiger partial charge in [-0.3, -0.25) is 4.99 Å². The van der Waals surface area contributed by atoms with E-state index in [1.54, 1.807) is 18.4 Å². The Morgan fingerprint density at radius 2 is 1.89 bits per heavy atom. The molecular formula is C19H21F3IN3S. The Labute approximate surface area is 178 Å². The summed E-state index contributed by atoms with van der Waals surface area (Å²) in [5, 5.41) is 8.35. The second-order valence-corrected chi connectivity index (χ2v) is 6.58. The van der Waals surface area contributed by atoms with E-state index in [2.05, 4.69) is 45.8 Å². The Balaban J connectivity index is 0.00000364. The molecule has 2 N–H and O–H groups in total. The molecule has 1 unspecified atom stereocenters. The molecule has 1 heterocycles. The van der Waals surface area contributed by atoms with Crippen molar-refractivity contribution in [3.05, 3.63) is 57.8 Å². The van der Waals surface area contributed by atoms with Crippen LogP contribution in [0.2, 0.25) is 0 Å². The normalized spacial score (nSPS) is 12.4. The standard InChI is InChI=1S/C19H20F3N3S.HI/c1-14(17-6-4-12-26-17)13-25-18(23-2)24-11-3-5-15-7-9-16(10-8-15)19(20,21)22;/h4,6-10,12,14H,11,13H2,1-2H3,(H2,23,24,25);1H. The van der Waals surface area contributed by atoms with Gasteiger partial charge < -0.3 is 10.6 Å². The first-order chi connectivity index (χ1) is 12.4. The van der Waals surface area contributed by atoms with Crippen molar-refractivity contribution in [1.29, 1.82) is 0 Å². The molecule has 27 heavy (non-hydrogen) atoms. The van der Waals surface area contributed by atoms with Crippen molar-refractivity contribution in [2.45, 2.75) is 19.0 Å². The smallest absolute Gasteiger partial charge is 0.356 e. The molecule has 146 valence electrons. The van der Waals surface area contributed by atoms with Gasteiger partial charge in [0.1, 0.15) is 0 Å². The van der Waals surface area contributed by atoms with Gasteiger partial charge in [0.2, 0.25) is 0 Å². The maximum absolute atomic E-state index is 12.5. The van der Waals surface area contributed by atoms with Crippen molar-refractivity contribution in [2.24, 2.45) is 4.99 Å². The SMILES string of the molecule is CN=C(NCC#Cc1ccc(C(F)(F)F)cc1)NCC(C)c1cccs1.I. The van der Waals surface area contributed by atoms with Gasteiger partial charge in [-0.2, -0.15) is 13.2 Å². The Kier molecular flexibility index (Phi) is 9.66. The minimum atomic E-state index is -4.33. The van der Waals surface area contributed by atoms with Crippen LogP contribution in [0.5, 0.6) is 0 Å². The van der Waals surface area contributed by atoms with E-state index in [0.29, 0.717) is 24.0 Å². The van der Waals surface area contributed by atoms with E-state index >= 15 is 0 Å². The minimum Gasteiger partial charge on any atom is -0.356 e. The molecule has 1 atom stereocenters. The lowest BCUT2D eigenvalue weighted by Gasteiger charge is -2.14. The fourth-order valence-electron chi connectivity index (χ4n) is 2.16. The van der Waals surface area contributed by atoms with Gasteiger partial charge in [0, 0.05) is 30.0 Å². The predicted molar refractivity (Wildman–Crippen MR) is 116 cm³/mol. The summed E-state index contributed by atoms with van der Waals surface area (Å²) in [4.78, 5) is 5.43. The Hall–Kier alpha value is -1.73. The molecule has 0 spiro atoms. The van der Waals surface area contributed by atoms with E-state index in [-0.39, 0.29) is 24.0 Å². The van der Waals surface area contributed by atoms with Crippen molar-refractivity contribution in [3.8, 4) is 11.8 Å². The van der Waals surface area contributed by atoms with Crippen LogP contribution in [0, 0.1) is 11.8 Å². The maximum Gasteiger partial charge on any atom is 0.416 e. The summed E-state index contributed by atoms with van der Waals surface area (Å²) in [6.45, 7) is 3.22. The van der Waals surface area contributed by atoms with Crippen LogP contribution in [0.3, 0.4) is 0 Å². The second kappa shape index (κ2) is 11.2. The zero-order valence-electron chi connectivity index (χ0n) is 14.9. The molecule has 0 aliphatic carbocycles. The molecule has 1 aromatic heterocycles. The third-order valence-corrected chi connectivity index (χ3v) is 4.72. The lowest BCUT2D eigenvalue weighted by atomic mass is 10.1. The molecule has 0 aliphatic rings. The number of halogens is 4. The van der Waals surface area contributed by atoms with Gasteiger partial charge in [0.15, 0.2) is 5.96 Å². The van der Waals surface area contributed by atoms with Crippen molar-refractivity contribution in [1.82, 2.24) is 10.6 Å². The van der Waals surface area contributed by atoms with Gasteiger partial charge >= 0.3 is 6.18 Å². The molecule has 3 nitrogen and oxygen atoms in total. The highest BCUT2D eigenvalue weighted by Gasteiger charge is 2.29. The first kappa shape index (κ1) is 23.3. The van der Waals surface area contributed by atoms with Crippen molar-refractivity contribution >= 4 is 41.3 Å². The lowest BCUT2D eigenvalue weighted by molar-refractivity contribution is -0.137. The fourth-order valence-corrected chi connectivity index (χ4v) is 2.95. The molecule has 0 aliphatic heterocycles. The summed E-state index contributed by atoms with van der Waals surface area (Å²) in [5.74, 6) is 6.71. The van der Waals surface area contributed by atoms with E-state index in [9.17, 15) is 13.2 Å². The number of aliphatic imine (C=N–C) groups is 1. The van der Waals surface area contributed by atoms with Crippen LogP contribution in [-0.2, 0) is 6.18 Å². The van der Waals surface area contributed by atoms with Gasteiger partial charge in [-0.1, -0.05) is 24.8 Å². The first-order valence-corrected chi connectivity index (χ1v) is 8.92. The number of hydrogen-bond donors (Lipinski definition) is 2. The van der Waals surface area contributed by atoms with Gasteiger partial charge in [0.25, 0.3) is 0 Å². The number of guanidine groups is 1. The highest BCUT2D eigenvalue weighted by Crippen LogP contribution is 2.28. The van der Waals surface area contributed by atoms with Crippen LogP contribution in [-0.4, -0.2) is 26.1 Å². The second-order valence-electron chi connectivity index (χ2n) is 5.60. The number of nitrogens with one attached hydrogen (secondary N) is 2. The zero-order valence-corrected chi connectivity index (χ0v) is 18.1. The summed E-state index contributed by atoms with van der Waals surface area (Å²) < 4.78 is 37.5. The van der Waals surface area contributed by atoms with Crippen LogP contribution >= 0.6 is 35.3 Å². The van der Waals surface area contributed by atoms with Crippen LogP contribution in [0.4, 0.5) is 13.2 Å². The molecule has 8 heteroatoms. The summed E-state index contributed by atoms with van der Waals surface area (Å²) >= 11 is 1.72. The third-order valence-electron chi connectivity index (χ3n) is 3.62. The van der Waals surface area contributed by atoms with Crippen molar-refractivity contribution in [2.75, 3.05) is 20.1 Å². The van der Waals surface area contributed by atoms with E-state index in [1.165, 1.54) is 17.0 Å². The Bertz CT molecular complexity index is 775. The quantitative estimate of drug-likeness (QED) is 0.273. The Morgan fingerprint density at radius 1 is 1.19 bits per heavy atom. The van der Waals surface area contributed by atoms with Crippen molar-refractivity contribution < 1.29 is 13.2 Å². The number of hydrogen-bond acceptors (Lipinski definition) is 2. The predicted octanol–water partition coefficient (Wildman–Crippen LogP) is 4.71. The van der Waals surface area contributed by atoms with Crippen molar-refractivity contribution in [3.63, 3.8) is 0 Å². The van der Waals surface area contributed by atoms with Crippen LogP contribution in [0.1, 0.15) is 28.8 Å². The Morgan fingerprint density at radius 3 is 2.44 bits per heavy atom. The fraction of sp³-hybridized carbons (Fsp3) is 0.316. The summed E-state index contributed by atoms with van der Waals surface area (Å²) in [6, 6.07) is 8.92. The molecule has 2 aromatic rings. The van der Waals surface area contributed by atoms with Crippen LogP contribution in [0.15, 0.2) is 46.8 Å². The molecule has 0 radical (unpaired) electrons. The first-order valence-electron chi connectivity index (χ1n) is 8.04. The van der Waals surface area contributed by atoms with Crippen LogP contribution in [0.25, 0.3) is 0 Å². The van der Waals surface area contributed by atoms with Gasteiger partial charge in [0.05, 0.1) is 12.1 Å². The van der Waals surface area contributed by atoms with Gasteiger partial charge in [-0.05, 0) is 35.7 Å². The molecule has 0 amide bonds. The van der Waals surface area contributed by atoms with Gasteiger partial charge in [-0.15, -0.1) is 35.3 Å². The van der Waals surface area contributed by atoms with E-state index in [0.717, 1.165) is 18.7 Å². The average molecular weight is 507 g/mol. The summed E-state index contributed by atoms with van der Waals surface area (Å²) in [6.07, 6.45) is -4.33. The highest BCUT2D eigenvalue weighted by atomic mass is 127. The molecule has 0 fully saturated rings. The lowest BCUT2D eigenvalue weighted by Crippen LogP contribution is -2.39. The molecule has 0 saturated heterocycles. The zero-order chi connectivity index (χ0) is 19.0. The molecule has 2 rings (SSSR count). The van der Waals surface area contributed by atoms with E-state index in [4.69, 9.17) is 0 Å². The molecule has 1 aromatic carbocycles. The number of nitrogens with zero attached hydrogens (tertiary/aromatic N) is 1. The molecular weight excluding hydrogens is 486 g/mol. The molecule has 0 saturated carbocycles. The number of rotatable bonds is 4. The average Bonchev–Trinajstić information content (AvgIpc) is 3.15. The molecule has 0 bridgehead atoms. The van der Waals surface area contributed by atoms with E-state index in [1.807, 2.05) is 6.07 Å². The number of thiophene rings is 1. The number of alkyl halides is 3. The minimum absolute atomic E-state index is 0. The summed E-state index contributed by atoms with van der Waals surface area (Å²) in [7, 11) is 1.68. The monoisotopic (exact) mass is 507 g/mol. The van der Waals surface area contributed by atoms with E-state index < -0.39 is 11.7 Å². The topological polar surface area (TPSA) is 36.4 Å².